The average molecular weight is 292 g/mol. The summed E-state index contributed by atoms with van der Waals surface area (Å²) in [7, 11) is 1.50. The van der Waals surface area contributed by atoms with E-state index in [9.17, 15) is 14.4 Å². The van der Waals surface area contributed by atoms with Crippen LogP contribution in [-0.2, 0) is 9.53 Å². The Labute approximate surface area is 121 Å². The molecule has 0 bridgehead atoms. The third-order valence-corrected chi connectivity index (χ3v) is 3.30. The number of aromatic carboxylic acids is 1. The Morgan fingerprint density at radius 1 is 1.43 bits per heavy atom. The molecule has 1 aromatic carbocycles. The van der Waals surface area contributed by atoms with Gasteiger partial charge in [0, 0.05) is 12.8 Å². The van der Waals surface area contributed by atoms with E-state index in [-0.39, 0.29) is 30.7 Å². The van der Waals surface area contributed by atoms with Crippen molar-refractivity contribution >= 4 is 23.6 Å². The number of anilines is 1. The highest BCUT2D eigenvalue weighted by Gasteiger charge is 2.37. The second-order valence-corrected chi connectivity index (χ2v) is 4.77. The molecule has 0 spiro atoms. The minimum atomic E-state index is -1.08. The van der Waals surface area contributed by atoms with Gasteiger partial charge in [0.15, 0.2) is 0 Å². The second-order valence-electron chi connectivity index (χ2n) is 4.77. The van der Waals surface area contributed by atoms with Gasteiger partial charge in [-0.2, -0.15) is 0 Å². The summed E-state index contributed by atoms with van der Waals surface area (Å²) in [6, 6.07) is 5.47. The molecule has 1 heterocycles. The van der Waals surface area contributed by atoms with E-state index >= 15 is 0 Å². The summed E-state index contributed by atoms with van der Waals surface area (Å²) in [5.41, 5.74) is 0.456. The third kappa shape index (κ3) is 3.03. The molecule has 1 saturated heterocycles. The molecule has 1 unspecified atom stereocenters. The zero-order chi connectivity index (χ0) is 15.6. The molecule has 7 nitrogen and oxygen atoms in total. The molecule has 112 valence electrons. The maximum Gasteiger partial charge on any atom is 0.335 e. The fourth-order valence-corrected chi connectivity index (χ4v) is 2.06. The first-order valence-electron chi connectivity index (χ1n) is 6.42. The van der Waals surface area contributed by atoms with Crippen molar-refractivity contribution in [3.63, 3.8) is 0 Å². The molecule has 0 radical (unpaired) electrons. The van der Waals surface area contributed by atoms with Crippen LogP contribution in [-0.4, -0.2) is 54.2 Å². The largest absolute Gasteiger partial charge is 0.478 e. The topological polar surface area (TPSA) is 87.2 Å². The molecule has 21 heavy (non-hydrogen) atoms. The van der Waals surface area contributed by atoms with Gasteiger partial charge in [-0.3, -0.25) is 14.6 Å². The van der Waals surface area contributed by atoms with Gasteiger partial charge in [-0.15, -0.1) is 0 Å². The Kier molecular flexibility index (Phi) is 4.23. The monoisotopic (exact) mass is 292 g/mol. The van der Waals surface area contributed by atoms with Gasteiger partial charge in [0.2, 0.25) is 0 Å². The van der Waals surface area contributed by atoms with Crippen molar-refractivity contribution in [2.75, 3.05) is 25.1 Å². The molecule has 7 heteroatoms. The van der Waals surface area contributed by atoms with Crippen molar-refractivity contribution in [2.45, 2.75) is 13.0 Å². The minimum absolute atomic E-state index is 0.0662. The van der Waals surface area contributed by atoms with Crippen LogP contribution in [0.4, 0.5) is 10.5 Å². The van der Waals surface area contributed by atoms with E-state index in [0.717, 1.165) is 4.90 Å². The summed E-state index contributed by atoms with van der Waals surface area (Å²) in [5, 5.41) is 8.98. The van der Waals surface area contributed by atoms with Gasteiger partial charge in [-0.1, -0.05) is 6.07 Å². The Morgan fingerprint density at radius 2 is 2.14 bits per heavy atom. The molecule has 1 fully saturated rings. The second kappa shape index (κ2) is 5.92. The number of hydrogen-bond acceptors (Lipinski definition) is 4. The van der Waals surface area contributed by atoms with Crippen molar-refractivity contribution in [3.05, 3.63) is 29.8 Å². The lowest BCUT2D eigenvalue weighted by Crippen LogP contribution is -2.38. The average Bonchev–Trinajstić information content (AvgIpc) is 2.75. The van der Waals surface area contributed by atoms with E-state index in [1.807, 2.05) is 0 Å². The highest BCUT2D eigenvalue weighted by atomic mass is 16.5. The summed E-state index contributed by atoms with van der Waals surface area (Å²) in [6.45, 7) is 1.83. The van der Waals surface area contributed by atoms with Crippen molar-refractivity contribution in [1.29, 1.82) is 0 Å². The summed E-state index contributed by atoms with van der Waals surface area (Å²) in [5.74, 6) is -1.41. The van der Waals surface area contributed by atoms with E-state index in [2.05, 4.69) is 0 Å². The van der Waals surface area contributed by atoms with Crippen LogP contribution in [0.15, 0.2) is 24.3 Å². The minimum Gasteiger partial charge on any atom is -0.478 e. The number of hydrogen-bond donors (Lipinski definition) is 1. The van der Waals surface area contributed by atoms with Crippen LogP contribution in [0.5, 0.6) is 0 Å². The van der Waals surface area contributed by atoms with Crippen LogP contribution >= 0.6 is 0 Å². The van der Waals surface area contributed by atoms with Gasteiger partial charge in [-0.05, 0) is 25.1 Å². The maximum absolute atomic E-state index is 12.3. The predicted octanol–water partition coefficient (Wildman–Crippen LogP) is 1.19. The molecular weight excluding hydrogens is 276 g/mol. The molecule has 1 aliphatic heterocycles. The van der Waals surface area contributed by atoms with Crippen LogP contribution in [0.2, 0.25) is 0 Å². The van der Waals surface area contributed by atoms with Crippen molar-refractivity contribution in [2.24, 2.45) is 0 Å². The Morgan fingerprint density at radius 3 is 2.76 bits per heavy atom. The Hall–Kier alpha value is -2.41. The van der Waals surface area contributed by atoms with E-state index in [0.29, 0.717) is 5.69 Å². The SMILES string of the molecule is COC(C)CN1C(=O)CN(c2cccc(C(=O)O)c2)C1=O. The number of carboxylic acid groups (broad SMARTS) is 1. The number of carbonyl (C=O) groups is 3. The van der Waals surface area contributed by atoms with Gasteiger partial charge in [0.25, 0.3) is 5.91 Å². The number of rotatable bonds is 5. The summed E-state index contributed by atoms with van der Waals surface area (Å²) in [6.07, 6.45) is -0.261. The zero-order valence-corrected chi connectivity index (χ0v) is 11.8. The molecule has 0 aromatic heterocycles. The van der Waals surface area contributed by atoms with Crippen LogP contribution in [0.1, 0.15) is 17.3 Å². The number of nitrogens with zero attached hydrogens (tertiary/aromatic N) is 2. The number of imide groups is 1. The number of methoxy groups -OCH3 is 1. The standard InChI is InChI=1S/C14H16N2O5/c1-9(21-2)7-16-12(17)8-15(14(16)20)11-5-3-4-10(6-11)13(18)19/h3-6,9H,7-8H2,1-2H3,(H,18,19). The van der Waals surface area contributed by atoms with Gasteiger partial charge < -0.3 is 9.84 Å². The van der Waals surface area contributed by atoms with E-state index < -0.39 is 12.0 Å². The van der Waals surface area contributed by atoms with Gasteiger partial charge in [-0.25, -0.2) is 9.59 Å². The smallest absolute Gasteiger partial charge is 0.335 e. The van der Waals surface area contributed by atoms with Gasteiger partial charge >= 0.3 is 12.0 Å². The number of benzene rings is 1. The van der Waals surface area contributed by atoms with E-state index in [1.54, 1.807) is 13.0 Å². The Bertz CT molecular complexity index is 586. The first kappa shape index (κ1) is 15.0. The molecule has 0 aliphatic carbocycles. The van der Waals surface area contributed by atoms with E-state index in [1.165, 1.54) is 30.2 Å². The number of amides is 3. The molecular formula is C14H16N2O5. The highest BCUT2D eigenvalue weighted by Crippen LogP contribution is 2.22. The summed E-state index contributed by atoms with van der Waals surface area (Å²) >= 11 is 0. The number of carboxylic acids is 1. The van der Waals surface area contributed by atoms with Crippen molar-refractivity contribution < 1.29 is 24.2 Å². The van der Waals surface area contributed by atoms with Crippen LogP contribution in [0.25, 0.3) is 0 Å². The number of carbonyl (C=O) groups excluding carboxylic acids is 2. The lowest BCUT2D eigenvalue weighted by molar-refractivity contribution is -0.125. The summed E-state index contributed by atoms with van der Waals surface area (Å²) in [4.78, 5) is 37.5. The summed E-state index contributed by atoms with van der Waals surface area (Å²) < 4.78 is 5.06. The lowest BCUT2D eigenvalue weighted by Gasteiger charge is -2.19. The molecule has 1 aliphatic rings. The molecule has 2 rings (SSSR count). The molecule has 1 N–H and O–H groups in total. The fourth-order valence-electron chi connectivity index (χ4n) is 2.06. The molecule has 3 amide bonds. The molecule has 1 aromatic rings. The lowest BCUT2D eigenvalue weighted by atomic mass is 10.2. The zero-order valence-electron chi connectivity index (χ0n) is 11.8. The first-order valence-corrected chi connectivity index (χ1v) is 6.42. The van der Waals surface area contributed by atoms with Crippen LogP contribution < -0.4 is 4.90 Å². The van der Waals surface area contributed by atoms with Crippen molar-refractivity contribution in [1.82, 2.24) is 4.90 Å². The highest BCUT2D eigenvalue weighted by molar-refractivity contribution is 6.12. The predicted molar refractivity (Wildman–Crippen MR) is 74.3 cm³/mol. The van der Waals surface area contributed by atoms with Crippen LogP contribution in [0.3, 0.4) is 0 Å². The normalized spacial score (nSPS) is 16.5. The number of urea groups is 1. The molecule has 1 atom stereocenters. The fraction of sp³-hybridized carbons (Fsp3) is 0.357. The van der Waals surface area contributed by atoms with Gasteiger partial charge in [0.1, 0.15) is 6.54 Å². The van der Waals surface area contributed by atoms with Gasteiger partial charge in [0.05, 0.1) is 18.2 Å². The van der Waals surface area contributed by atoms with Crippen LogP contribution in [0, 0.1) is 0 Å². The van der Waals surface area contributed by atoms with Crippen molar-refractivity contribution in [3.8, 4) is 0 Å². The third-order valence-electron chi connectivity index (χ3n) is 3.30. The number of ether oxygens (including phenoxy) is 1. The van der Waals surface area contributed by atoms with E-state index in [4.69, 9.17) is 9.84 Å². The molecule has 0 saturated carbocycles. The quantitative estimate of drug-likeness (QED) is 0.824. The first-order chi connectivity index (χ1) is 9.93. The Balaban J connectivity index is 2.22. The maximum atomic E-state index is 12.3.